The van der Waals surface area contributed by atoms with E-state index < -0.39 is 11.3 Å². The molecular formula is C24H17N3O3. The number of aryl methyl sites for hydroxylation is 1. The van der Waals surface area contributed by atoms with Crippen LogP contribution in [0.2, 0.25) is 0 Å². The summed E-state index contributed by atoms with van der Waals surface area (Å²) in [5.41, 5.74) is 1.29. The summed E-state index contributed by atoms with van der Waals surface area (Å²) in [7, 11) is 0. The normalized spacial score (nSPS) is 10.6. The number of nitriles is 1. The van der Waals surface area contributed by atoms with E-state index in [4.69, 9.17) is 5.26 Å². The van der Waals surface area contributed by atoms with E-state index in [9.17, 15) is 14.7 Å². The van der Waals surface area contributed by atoms with E-state index in [1.54, 1.807) is 54.6 Å². The van der Waals surface area contributed by atoms with Crippen LogP contribution in [0, 0.1) is 11.3 Å². The van der Waals surface area contributed by atoms with E-state index >= 15 is 0 Å². The highest BCUT2D eigenvalue weighted by atomic mass is 16.3. The van der Waals surface area contributed by atoms with Crippen molar-refractivity contribution in [1.82, 2.24) is 9.55 Å². The number of ketones is 1. The number of carbonyl (C=O) groups is 1. The molecule has 6 nitrogen and oxygen atoms in total. The Morgan fingerprint density at radius 3 is 2.63 bits per heavy atom. The minimum Gasteiger partial charge on any atom is -0.506 e. The maximum Gasteiger partial charge on any atom is 0.271 e. The van der Waals surface area contributed by atoms with Gasteiger partial charge in [0.1, 0.15) is 11.3 Å². The number of aromatic nitrogens is 2. The van der Waals surface area contributed by atoms with Gasteiger partial charge in [0.05, 0.1) is 22.7 Å². The standard InChI is InChI=1S/C24H17N3O3/c25-15-17-7-4-6-16(14-17)11-12-20(28)21-22(29)19-10-5-13-26-23(19)27(24(21)30)18-8-2-1-3-9-18/h1-10,13-14,29H,11-12H2. The fourth-order valence-corrected chi connectivity index (χ4v) is 3.45. The highest BCUT2D eigenvalue weighted by Crippen LogP contribution is 2.27. The summed E-state index contributed by atoms with van der Waals surface area (Å²) in [6, 6.07) is 21.2. The number of pyridine rings is 2. The van der Waals surface area contributed by atoms with Crippen LogP contribution in [0.15, 0.2) is 77.7 Å². The highest BCUT2D eigenvalue weighted by molar-refractivity contribution is 6.03. The molecule has 0 unspecified atom stereocenters. The molecule has 0 saturated heterocycles. The maximum absolute atomic E-state index is 13.3. The zero-order valence-electron chi connectivity index (χ0n) is 15.9. The molecule has 0 bridgehead atoms. The fourth-order valence-electron chi connectivity index (χ4n) is 3.45. The molecule has 0 spiro atoms. The largest absolute Gasteiger partial charge is 0.506 e. The Labute approximate surface area is 172 Å². The van der Waals surface area contributed by atoms with Crippen LogP contribution < -0.4 is 5.56 Å². The van der Waals surface area contributed by atoms with Gasteiger partial charge in [-0.3, -0.25) is 14.2 Å². The van der Waals surface area contributed by atoms with Gasteiger partial charge in [0.25, 0.3) is 5.56 Å². The van der Waals surface area contributed by atoms with Crippen molar-refractivity contribution in [3.05, 3.63) is 100.0 Å². The van der Waals surface area contributed by atoms with Gasteiger partial charge in [0.15, 0.2) is 11.4 Å². The van der Waals surface area contributed by atoms with Gasteiger partial charge >= 0.3 is 0 Å². The number of rotatable bonds is 5. The summed E-state index contributed by atoms with van der Waals surface area (Å²) in [4.78, 5) is 30.5. The second kappa shape index (κ2) is 8.02. The molecule has 30 heavy (non-hydrogen) atoms. The van der Waals surface area contributed by atoms with E-state index in [1.165, 1.54) is 10.8 Å². The number of aromatic hydroxyl groups is 1. The summed E-state index contributed by atoms with van der Waals surface area (Å²) < 4.78 is 1.35. The second-order valence-electron chi connectivity index (χ2n) is 6.81. The van der Waals surface area contributed by atoms with Gasteiger partial charge in [-0.25, -0.2) is 4.98 Å². The lowest BCUT2D eigenvalue weighted by Crippen LogP contribution is -2.26. The van der Waals surface area contributed by atoms with Crippen LogP contribution in [-0.2, 0) is 6.42 Å². The Hall–Kier alpha value is -4.24. The maximum atomic E-state index is 13.3. The number of hydrogen-bond donors (Lipinski definition) is 1. The van der Waals surface area contributed by atoms with Crippen molar-refractivity contribution in [1.29, 1.82) is 5.26 Å². The van der Waals surface area contributed by atoms with Gasteiger partial charge in [-0.1, -0.05) is 30.3 Å². The fraction of sp³-hybridized carbons (Fsp3) is 0.0833. The Morgan fingerprint density at radius 1 is 1.07 bits per heavy atom. The molecule has 2 aromatic carbocycles. The van der Waals surface area contributed by atoms with Crippen LogP contribution in [0.4, 0.5) is 0 Å². The van der Waals surface area contributed by atoms with E-state index in [-0.39, 0.29) is 23.4 Å². The second-order valence-corrected chi connectivity index (χ2v) is 6.81. The first-order chi connectivity index (χ1) is 14.6. The number of benzene rings is 2. The molecule has 0 amide bonds. The number of nitrogens with zero attached hydrogens (tertiary/aromatic N) is 3. The first-order valence-corrected chi connectivity index (χ1v) is 9.40. The number of hydrogen-bond acceptors (Lipinski definition) is 5. The molecule has 0 fully saturated rings. The van der Waals surface area contributed by atoms with Crippen molar-refractivity contribution in [2.24, 2.45) is 0 Å². The number of fused-ring (bicyclic) bond motifs is 1. The van der Waals surface area contributed by atoms with E-state index in [0.717, 1.165) is 5.56 Å². The first kappa shape index (κ1) is 19.1. The van der Waals surface area contributed by atoms with Gasteiger partial charge in [-0.05, 0) is 48.4 Å². The topological polar surface area (TPSA) is 96.0 Å². The quantitative estimate of drug-likeness (QED) is 0.519. The van der Waals surface area contributed by atoms with Gasteiger partial charge in [-0.15, -0.1) is 0 Å². The van der Waals surface area contributed by atoms with Crippen LogP contribution in [0.3, 0.4) is 0 Å². The molecule has 0 aliphatic carbocycles. The Bertz CT molecular complexity index is 1350. The van der Waals surface area contributed by atoms with E-state index in [1.807, 2.05) is 12.1 Å². The third kappa shape index (κ3) is 3.45. The predicted molar refractivity (Wildman–Crippen MR) is 113 cm³/mol. The minimum atomic E-state index is -0.610. The van der Waals surface area contributed by atoms with Crippen molar-refractivity contribution in [3.63, 3.8) is 0 Å². The van der Waals surface area contributed by atoms with E-state index in [0.29, 0.717) is 23.1 Å². The molecule has 2 heterocycles. The average Bonchev–Trinajstić information content (AvgIpc) is 2.79. The molecule has 2 aromatic heterocycles. The van der Waals surface area contributed by atoms with Crippen LogP contribution in [-0.4, -0.2) is 20.4 Å². The minimum absolute atomic E-state index is 0.0260. The molecular weight excluding hydrogens is 378 g/mol. The first-order valence-electron chi connectivity index (χ1n) is 9.40. The van der Waals surface area contributed by atoms with Crippen molar-refractivity contribution >= 4 is 16.8 Å². The number of para-hydroxylation sites is 1. The van der Waals surface area contributed by atoms with E-state index in [2.05, 4.69) is 11.1 Å². The predicted octanol–water partition coefficient (Wildman–Crippen LogP) is 3.78. The molecule has 1 N–H and O–H groups in total. The molecule has 0 aliphatic rings. The number of carbonyl (C=O) groups excluding carboxylic acids is 1. The lowest BCUT2D eigenvalue weighted by molar-refractivity contribution is 0.0978. The zero-order valence-corrected chi connectivity index (χ0v) is 15.9. The average molecular weight is 395 g/mol. The van der Waals surface area contributed by atoms with Crippen LogP contribution in [0.25, 0.3) is 16.7 Å². The summed E-state index contributed by atoms with van der Waals surface area (Å²) in [5.74, 6) is -0.818. The summed E-state index contributed by atoms with van der Waals surface area (Å²) in [6.07, 6.45) is 1.91. The highest BCUT2D eigenvalue weighted by Gasteiger charge is 2.23. The summed E-state index contributed by atoms with van der Waals surface area (Å²) >= 11 is 0. The lowest BCUT2D eigenvalue weighted by Gasteiger charge is -2.13. The monoisotopic (exact) mass is 395 g/mol. The van der Waals surface area contributed by atoms with Crippen molar-refractivity contribution < 1.29 is 9.90 Å². The molecule has 0 atom stereocenters. The Balaban J connectivity index is 1.80. The third-order valence-corrected chi connectivity index (χ3v) is 4.90. The molecule has 4 aromatic rings. The van der Waals surface area contributed by atoms with Crippen molar-refractivity contribution in [3.8, 4) is 17.5 Å². The van der Waals surface area contributed by atoms with Crippen LogP contribution in [0.5, 0.6) is 5.75 Å². The smallest absolute Gasteiger partial charge is 0.271 e. The van der Waals surface area contributed by atoms with Crippen molar-refractivity contribution in [2.45, 2.75) is 12.8 Å². The molecule has 4 rings (SSSR count). The summed E-state index contributed by atoms with van der Waals surface area (Å²) in [5, 5.41) is 20.1. The lowest BCUT2D eigenvalue weighted by atomic mass is 10.0. The SMILES string of the molecule is N#Cc1cccc(CCC(=O)c2c(O)c3cccnc3n(-c3ccccc3)c2=O)c1. The molecule has 0 saturated carbocycles. The molecule has 0 aliphatic heterocycles. The Morgan fingerprint density at radius 2 is 1.87 bits per heavy atom. The Kier molecular flexibility index (Phi) is 5.10. The zero-order chi connectivity index (χ0) is 21.1. The molecule has 6 heteroatoms. The molecule has 0 radical (unpaired) electrons. The van der Waals surface area contributed by atoms with Crippen LogP contribution >= 0.6 is 0 Å². The van der Waals surface area contributed by atoms with Gasteiger partial charge in [0.2, 0.25) is 0 Å². The van der Waals surface area contributed by atoms with Gasteiger partial charge in [0, 0.05) is 12.6 Å². The van der Waals surface area contributed by atoms with Gasteiger partial charge < -0.3 is 5.11 Å². The molecule has 146 valence electrons. The number of Topliss-reactive ketones (excluding diaryl/α,β-unsaturated/α-hetero) is 1. The third-order valence-electron chi connectivity index (χ3n) is 4.90. The summed E-state index contributed by atoms with van der Waals surface area (Å²) in [6.45, 7) is 0. The van der Waals surface area contributed by atoms with Crippen LogP contribution in [0.1, 0.15) is 27.9 Å². The van der Waals surface area contributed by atoms with Gasteiger partial charge in [-0.2, -0.15) is 5.26 Å². The van der Waals surface area contributed by atoms with Crippen molar-refractivity contribution in [2.75, 3.05) is 0 Å².